The highest BCUT2D eigenvalue weighted by Crippen LogP contribution is 2.31. The highest BCUT2D eigenvalue weighted by Gasteiger charge is 2.25. The number of carbonyl (C=O) groups excluding carboxylic acids is 2. The van der Waals surface area contributed by atoms with Gasteiger partial charge in [0.1, 0.15) is 0 Å². The van der Waals surface area contributed by atoms with Gasteiger partial charge in [-0.25, -0.2) is 0 Å². The Bertz CT molecular complexity index is 1580. The summed E-state index contributed by atoms with van der Waals surface area (Å²) in [5, 5.41) is 24.6. The number of hydrogen-bond acceptors (Lipinski definition) is 4. The lowest BCUT2D eigenvalue weighted by Crippen LogP contribution is -2.15. The molecule has 0 spiro atoms. The largest absolute Gasteiger partial charge is 0.481 e. The zero-order valence-electron chi connectivity index (χ0n) is 24.8. The molecular formula is C33H36N4O6. The van der Waals surface area contributed by atoms with Crippen LogP contribution in [0.5, 0.6) is 0 Å². The summed E-state index contributed by atoms with van der Waals surface area (Å²) in [4.78, 5) is 54.5. The smallest absolute Gasteiger partial charge is 0.303 e. The second-order valence-corrected chi connectivity index (χ2v) is 10.7. The van der Waals surface area contributed by atoms with E-state index >= 15 is 0 Å². The van der Waals surface area contributed by atoms with Crippen LogP contribution in [0.4, 0.5) is 0 Å². The Kier molecular flexibility index (Phi) is 8.89. The lowest BCUT2D eigenvalue weighted by Gasteiger charge is -2.07. The van der Waals surface area contributed by atoms with E-state index in [0.29, 0.717) is 40.1 Å². The summed E-state index contributed by atoms with van der Waals surface area (Å²) in [7, 11) is 0. The predicted octanol–water partition coefficient (Wildman–Crippen LogP) is 4.53. The van der Waals surface area contributed by atoms with Gasteiger partial charge in [-0.2, -0.15) is 0 Å². The van der Waals surface area contributed by atoms with Crippen LogP contribution >= 0.6 is 0 Å². The van der Waals surface area contributed by atoms with Gasteiger partial charge in [-0.3, -0.25) is 19.2 Å². The number of nitrogens with one attached hydrogen (secondary N) is 4. The van der Waals surface area contributed by atoms with Crippen LogP contribution in [0.3, 0.4) is 0 Å². The third-order valence-electron chi connectivity index (χ3n) is 8.10. The number of aromatic nitrogens is 2. The normalized spacial score (nSPS) is 16.8. The monoisotopic (exact) mass is 584 g/mol. The molecule has 0 saturated heterocycles. The van der Waals surface area contributed by atoms with Crippen LogP contribution in [-0.2, 0) is 38.4 Å². The average molecular weight is 585 g/mol. The zero-order valence-corrected chi connectivity index (χ0v) is 24.8. The molecule has 0 fully saturated rings. The number of carboxylic acid groups (broad SMARTS) is 2. The Balaban J connectivity index is 1.81. The maximum absolute atomic E-state index is 12.3. The van der Waals surface area contributed by atoms with Crippen LogP contribution in [0.25, 0.3) is 12.2 Å². The number of hydrogen-bond donors (Lipinski definition) is 6. The molecule has 0 unspecified atom stereocenters. The standard InChI is InChI=1S/C33H36N4O6/c1-7-20-18(5)32(42)36-26(20)13-24-16(3)22(9-11-30(38)39)28(34-24)15-29-23(10-12-31(40)41)17(4)25(35-29)14-27-21(8-2)19(6)33(43)37-27/h7-8,13-14,34-35H,1-2,9-12,15H2,3-6H3,(H,36,42)(H,37,43)(H,38,39)(H,40,41). The average Bonchev–Trinajstić information content (AvgIpc) is 3.59. The van der Waals surface area contributed by atoms with Gasteiger partial charge in [-0.05, 0) is 74.9 Å². The molecule has 10 heteroatoms. The Morgan fingerprint density at radius 1 is 0.698 bits per heavy atom. The highest BCUT2D eigenvalue weighted by atomic mass is 16.4. The first-order valence-corrected chi connectivity index (χ1v) is 13.9. The number of allylic oxidation sites excluding steroid dienone is 2. The van der Waals surface area contributed by atoms with Crippen molar-refractivity contribution in [3.8, 4) is 0 Å². The molecule has 4 rings (SSSR count). The van der Waals surface area contributed by atoms with Gasteiger partial charge >= 0.3 is 11.9 Å². The molecule has 2 aliphatic rings. The topological polar surface area (TPSA) is 164 Å². The van der Waals surface area contributed by atoms with Gasteiger partial charge in [0.2, 0.25) is 0 Å². The lowest BCUT2D eigenvalue weighted by atomic mass is 9.98. The second kappa shape index (κ2) is 12.4. The minimum atomic E-state index is -0.922. The van der Waals surface area contributed by atoms with Crippen molar-refractivity contribution in [1.82, 2.24) is 20.6 Å². The Morgan fingerprint density at radius 3 is 1.40 bits per heavy atom. The van der Waals surface area contributed by atoms with Gasteiger partial charge in [0.25, 0.3) is 11.8 Å². The van der Waals surface area contributed by atoms with Crippen molar-refractivity contribution in [2.24, 2.45) is 0 Å². The molecule has 0 bridgehead atoms. The van der Waals surface area contributed by atoms with Crippen molar-refractivity contribution in [1.29, 1.82) is 0 Å². The maximum atomic E-state index is 12.3. The molecule has 224 valence electrons. The van der Waals surface area contributed by atoms with E-state index in [1.54, 1.807) is 26.0 Å². The minimum Gasteiger partial charge on any atom is -0.481 e. The van der Waals surface area contributed by atoms with Crippen LogP contribution in [0, 0.1) is 13.8 Å². The third-order valence-corrected chi connectivity index (χ3v) is 8.10. The molecule has 2 amide bonds. The van der Waals surface area contributed by atoms with Crippen molar-refractivity contribution in [2.45, 2.75) is 59.8 Å². The molecule has 0 aliphatic carbocycles. The fourth-order valence-corrected chi connectivity index (χ4v) is 5.61. The van der Waals surface area contributed by atoms with E-state index in [-0.39, 0.29) is 37.5 Å². The summed E-state index contributed by atoms with van der Waals surface area (Å²) in [5.41, 5.74) is 10.1. The Hall–Kier alpha value is -5.12. The summed E-state index contributed by atoms with van der Waals surface area (Å²) in [6, 6.07) is 0. The van der Waals surface area contributed by atoms with E-state index in [9.17, 15) is 29.4 Å². The molecule has 2 aromatic rings. The summed E-state index contributed by atoms with van der Waals surface area (Å²) < 4.78 is 0. The molecule has 0 atom stereocenters. The predicted molar refractivity (Wildman–Crippen MR) is 164 cm³/mol. The van der Waals surface area contributed by atoms with E-state index in [4.69, 9.17) is 0 Å². The Morgan fingerprint density at radius 2 is 1.07 bits per heavy atom. The summed E-state index contributed by atoms with van der Waals surface area (Å²) in [6.07, 6.45) is 7.67. The van der Waals surface area contributed by atoms with Gasteiger partial charge in [-0.15, -0.1) is 0 Å². The first-order valence-electron chi connectivity index (χ1n) is 13.9. The number of rotatable bonds is 12. The summed E-state index contributed by atoms with van der Waals surface area (Å²) >= 11 is 0. The molecular weight excluding hydrogens is 548 g/mol. The number of aliphatic carboxylic acids is 2. The van der Waals surface area contributed by atoms with E-state index in [1.807, 2.05) is 26.0 Å². The molecule has 0 radical (unpaired) electrons. The lowest BCUT2D eigenvalue weighted by molar-refractivity contribution is -0.138. The fraction of sp³-hybridized carbons (Fsp3) is 0.273. The number of H-pyrrole nitrogens is 2. The molecule has 2 aromatic heterocycles. The SMILES string of the molecule is C=CC1=C(C)C(=O)NC1=Cc1[nH]c(Cc2[nH]c(C=C3NC(=O)C(C)=C3C=C)c(C)c2CCC(=O)O)c(CCC(=O)O)c1C. The zero-order chi connectivity index (χ0) is 31.6. The van der Waals surface area contributed by atoms with Crippen molar-refractivity contribution < 1.29 is 29.4 Å². The van der Waals surface area contributed by atoms with Crippen LogP contribution in [0.15, 0.2) is 59.0 Å². The van der Waals surface area contributed by atoms with E-state index in [0.717, 1.165) is 45.0 Å². The molecule has 2 aliphatic heterocycles. The van der Waals surface area contributed by atoms with Gasteiger partial charge in [0, 0.05) is 64.3 Å². The number of aromatic amines is 2. The van der Waals surface area contributed by atoms with Crippen molar-refractivity contribution >= 4 is 35.9 Å². The molecule has 0 saturated carbocycles. The molecule has 10 nitrogen and oxygen atoms in total. The van der Waals surface area contributed by atoms with Crippen molar-refractivity contribution in [3.63, 3.8) is 0 Å². The van der Waals surface area contributed by atoms with E-state index in [2.05, 4.69) is 33.8 Å². The quantitative estimate of drug-likeness (QED) is 0.215. The molecule has 4 heterocycles. The van der Waals surface area contributed by atoms with Crippen LogP contribution in [0.1, 0.15) is 71.7 Å². The fourth-order valence-electron chi connectivity index (χ4n) is 5.61. The van der Waals surface area contributed by atoms with Crippen LogP contribution in [0.2, 0.25) is 0 Å². The summed E-state index contributed by atoms with van der Waals surface area (Å²) in [6.45, 7) is 14.9. The number of carbonyl (C=O) groups is 4. The van der Waals surface area contributed by atoms with Gasteiger partial charge in [-0.1, -0.05) is 25.3 Å². The maximum Gasteiger partial charge on any atom is 0.303 e. The Labute approximate surface area is 249 Å². The molecule has 6 N–H and O–H groups in total. The minimum absolute atomic E-state index is 0.0714. The summed E-state index contributed by atoms with van der Waals surface area (Å²) in [5.74, 6) is -2.25. The van der Waals surface area contributed by atoms with Crippen LogP contribution < -0.4 is 10.6 Å². The van der Waals surface area contributed by atoms with Gasteiger partial charge in [0.15, 0.2) is 0 Å². The van der Waals surface area contributed by atoms with Crippen molar-refractivity contribution in [3.05, 3.63) is 104 Å². The molecule has 43 heavy (non-hydrogen) atoms. The first-order chi connectivity index (χ1) is 20.4. The van der Waals surface area contributed by atoms with E-state index < -0.39 is 11.9 Å². The number of amides is 2. The molecule has 0 aromatic carbocycles. The van der Waals surface area contributed by atoms with Gasteiger partial charge < -0.3 is 30.8 Å². The van der Waals surface area contributed by atoms with Crippen LogP contribution in [-0.4, -0.2) is 43.9 Å². The van der Waals surface area contributed by atoms with E-state index in [1.165, 1.54) is 0 Å². The third kappa shape index (κ3) is 6.23. The first kappa shape index (κ1) is 30.8. The van der Waals surface area contributed by atoms with Gasteiger partial charge in [0.05, 0.1) is 11.4 Å². The van der Waals surface area contributed by atoms with Crippen molar-refractivity contribution in [2.75, 3.05) is 0 Å². The number of carboxylic acids is 2. The second-order valence-electron chi connectivity index (χ2n) is 10.7. The highest BCUT2D eigenvalue weighted by molar-refractivity contribution is 6.02.